The van der Waals surface area contributed by atoms with Gasteiger partial charge < -0.3 is 19.8 Å². The predicted molar refractivity (Wildman–Crippen MR) is 84.4 cm³/mol. The first-order chi connectivity index (χ1) is 10.9. The number of phenols is 1. The van der Waals surface area contributed by atoms with Crippen molar-refractivity contribution >= 4 is 11.7 Å². The van der Waals surface area contributed by atoms with Gasteiger partial charge in [0.05, 0.1) is 18.7 Å². The highest BCUT2D eigenvalue weighted by Gasteiger charge is 2.42. The summed E-state index contributed by atoms with van der Waals surface area (Å²) in [5, 5.41) is 19.8. The Kier molecular flexibility index (Phi) is 4.93. The number of hydrogen-bond acceptors (Lipinski definition) is 5. The number of aliphatic hydroxyl groups is 1. The van der Waals surface area contributed by atoms with Gasteiger partial charge in [-0.25, -0.2) is 0 Å². The van der Waals surface area contributed by atoms with Gasteiger partial charge in [-0.1, -0.05) is 19.4 Å². The lowest BCUT2D eigenvalue weighted by Gasteiger charge is -2.26. The molecule has 1 aromatic rings. The van der Waals surface area contributed by atoms with Crippen LogP contribution in [-0.4, -0.2) is 40.5 Å². The van der Waals surface area contributed by atoms with E-state index in [1.165, 1.54) is 25.0 Å². The van der Waals surface area contributed by atoms with E-state index in [4.69, 9.17) is 4.74 Å². The number of unbranched alkanes of at least 4 members (excludes halogenated alkanes) is 1. The quantitative estimate of drug-likeness (QED) is 0.841. The molecule has 0 aliphatic carbocycles. The van der Waals surface area contributed by atoms with Gasteiger partial charge in [-0.3, -0.25) is 9.59 Å². The number of amides is 1. The van der Waals surface area contributed by atoms with Crippen LogP contribution in [0.2, 0.25) is 0 Å². The topological polar surface area (TPSA) is 87.1 Å². The molecule has 23 heavy (non-hydrogen) atoms. The smallest absolute Gasteiger partial charge is 0.290 e. The third kappa shape index (κ3) is 3.02. The van der Waals surface area contributed by atoms with Crippen LogP contribution < -0.4 is 4.74 Å². The summed E-state index contributed by atoms with van der Waals surface area (Å²) in [4.78, 5) is 25.8. The molecular weight excluding hydrogens is 298 g/mol. The second kappa shape index (κ2) is 6.73. The number of hydrogen-bond donors (Lipinski definition) is 2. The van der Waals surface area contributed by atoms with E-state index in [1.807, 2.05) is 6.92 Å². The molecule has 0 bridgehead atoms. The van der Waals surface area contributed by atoms with Crippen LogP contribution >= 0.6 is 0 Å². The molecule has 1 aliphatic heterocycles. The maximum Gasteiger partial charge on any atom is 0.290 e. The summed E-state index contributed by atoms with van der Waals surface area (Å²) in [6.45, 7) is 3.76. The van der Waals surface area contributed by atoms with Crippen LogP contribution in [0.1, 0.15) is 38.3 Å². The van der Waals surface area contributed by atoms with E-state index in [2.05, 4.69) is 0 Å². The molecule has 0 fully saturated rings. The Bertz CT molecular complexity index is 665. The van der Waals surface area contributed by atoms with Gasteiger partial charge >= 0.3 is 0 Å². The van der Waals surface area contributed by atoms with Crippen molar-refractivity contribution in [2.45, 2.75) is 32.7 Å². The molecular formula is C17H21NO5. The lowest BCUT2D eigenvalue weighted by atomic mass is 9.96. The van der Waals surface area contributed by atoms with Gasteiger partial charge in [-0.05, 0) is 31.0 Å². The maximum atomic E-state index is 12.3. The van der Waals surface area contributed by atoms with Crippen molar-refractivity contribution in [3.8, 4) is 11.5 Å². The van der Waals surface area contributed by atoms with Crippen molar-refractivity contribution in [3.05, 3.63) is 35.1 Å². The number of aliphatic hydroxyl groups excluding tert-OH is 1. The standard InChI is InChI=1S/C17H21NO5/c1-4-5-8-18-15(14(10(2)19)16(21)17(18)22)11-6-7-12(20)13(9-11)23-3/h6-7,9,15,20-21H,4-5,8H2,1-3H3/t15-/m1/s1. The average Bonchev–Trinajstić information content (AvgIpc) is 2.77. The minimum Gasteiger partial charge on any atom is -0.504 e. The summed E-state index contributed by atoms with van der Waals surface area (Å²) in [6.07, 6.45) is 1.64. The zero-order valence-electron chi connectivity index (χ0n) is 13.5. The molecule has 0 saturated carbocycles. The number of ether oxygens (including phenoxy) is 1. The van der Waals surface area contributed by atoms with Crippen molar-refractivity contribution < 1.29 is 24.5 Å². The van der Waals surface area contributed by atoms with Gasteiger partial charge in [0.25, 0.3) is 5.91 Å². The monoisotopic (exact) mass is 319 g/mol. The Morgan fingerprint density at radius 2 is 2.04 bits per heavy atom. The molecule has 0 spiro atoms. The fourth-order valence-corrected chi connectivity index (χ4v) is 2.78. The number of rotatable bonds is 6. The highest BCUT2D eigenvalue weighted by Crippen LogP contribution is 2.40. The number of nitrogens with zero attached hydrogens (tertiary/aromatic N) is 1. The molecule has 6 heteroatoms. The number of methoxy groups -OCH3 is 1. The lowest BCUT2D eigenvalue weighted by Crippen LogP contribution is -2.31. The fraction of sp³-hybridized carbons (Fsp3) is 0.412. The van der Waals surface area contributed by atoms with E-state index in [1.54, 1.807) is 12.1 Å². The van der Waals surface area contributed by atoms with Crippen LogP contribution in [0.5, 0.6) is 11.5 Å². The third-order valence-corrected chi connectivity index (χ3v) is 3.96. The number of carbonyl (C=O) groups is 2. The Labute approximate surface area is 135 Å². The van der Waals surface area contributed by atoms with Gasteiger partial charge in [-0.15, -0.1) is 0 Å². The third-order valence-electron chi connectivity index (χ3n) is 3.96. The summed E-state index contributed by atoms with van der Waals surface area (Å²) < 4.78 is 5.09. The Hall–Kier alpha value is -2.50. The summed E-state index contributed by atoms with van der Waals surface area (Å²) in [6, 6.07) is 3.98. The molecule has 1 amide bonds. The maximum absolute atomic E-state index is 12.3. The van der Waals surface area contributed by atoms with E-state index in [0.29, 0.717) is 12.1 Å². The number of benzene rings is 1. The van der Waals surface area contributed by atoms with Gasteiger partial charge in [0.1, 0.15) is 0 Å². The van der Waals surface area contributed by atoms with Crippen LogP contribution in [0.3, 0.4) is 0 Å². The Morgan fingerprint density at radius 1 is 1.35 bits per heavy atom. The van der Waals surface area contributed by atoms with Crippen molar-refractivity contribution in [2.24, 2.45) is 0 Å². The number of Topliss-reactive ketones (excluding diaryl/α,β-unsaturated/α-hetero) is 1. The highest BCUT2D eigenvalue weighted by atomic mass is 16.5. The molecule has 6 nitrogen and oxygen atoms in total. The molecule has 1 aliphatic rings. The molecule has 1 heterocycles. The van der Waals surface area contributed by atoms with Crippen LogP contribution in [0.4, 0.5) is 0 Å². The highest BCUT2D eigenvalue weighted by molar-refractivity contribution is 6.08. The molecule has 0 unspecified atom stereocenters. The summed E-state index contributed by atoms with van der Waals surface area (Å²) in [7, 11) is 1.42. The lowest BCUT2D eigenvalue weighted by molar-refractivity contribution is -0.129. The normalized spacial score (nSPS) is 17.8. The van der Waals surface area contributed by atoms with Crippen molar-refractivity contribution in [3.63, 3.8) is 0 Å². The van der Waals surface area contributed by atoms with Crippen LogP contribution in [0.25, 0.3) is 0 Å². The van der Waals surface area contributed by atoms with Gasteiger partial charge in [0.15, 0.2) is 23.0 Å². The molecule has 1 aromatic carbocycles. The molecule has 2 rings (SSSR count). The van der Waals surface area contributed by atoms with Crippen LogP contribution in [0.15, 0.2) is 29.5 Å². The van der Waals surface area contributed by atoms with Crippen molar-refractivity contribution in [2.75, 3.05) is 13.7 Å². The van der Waals surface area contributed by atoms with Crippen LogP contribution in [0, 0.1) is 0 Å². The summed E-state index contributed by atoms with van der Waals surface area (Å²) in [5.41, 5.74) is 0.692. The molecule has 0 aromatic heterocycles. The van der Waals surface area contributed by atoms with Crippen molar-refractivity contribution in [1.82, 2.24) is 4.90 Å². The van der Waals surface area contributed by atoms with E-state index in [-0.39, 0.29) is 22.9 Å². The van der Waals surface area contributed by atoms with E-state index < -0.39 is 17.7 Å². The first kappa shape index (κ1) is 16.9. The summed E-state index contributed by atoms with van der Waals surface area (Å²) in [5.74, 6) is -1.17. The van der Waals surface area contributed by atoms with Gasteiger partial charge in [-0.2, -0.15) is 0 Å². The van der Waals surface area contributed by atoms with Crippen molar-refractivity contribution in [1.29, 1.82) is 0 Å². The summed E-state index contributed by atoms with van der Waals surface area (Å²) >= 11 is 0. The number of phenolic OH excluding ortho intramolecular Hbond substituents is 1. The largest absolute Gasteiger partial charge is 0.504 e. The number of aromatic hydroxyl groups is 1. The molecule has 0 radical (unpaired) electrons. The number of ketones is 1. The number of carbonyl (C=O) groups excluding carboxylic acids is 2. The SMILES string of the molecule is CCCCN1C(=O)C(O)=C(C(C)=O)[C@H]1c1ccc(O)c(OC)c1. The second-order valence-corrected chi connectivity index (χ2v) is 5.50. The molecule has 124 valence electrons. The average molecular weight is 319 g/mol. The minimum atomic E-state index is -0.666. The van der Waals surface area contributed by atoms with E-state index in [9.17, 15) is 19.8 Å². The molecule has 0 saturated heterocycles. The molecule has 1 atom stereocenters. The van der Waals surface area contributed by atoms with Gasteiger partial charge in [0.2, 0.25) is 0 Å². The zero-order valence-corrected chi connectivity index (χ0v) is 13.5. The van der Waals surface area contributed by atoms with Crippen LogP contribution in [-0.2, 0) is 9.59 Å². The first-order valence-electron chi connectivity index (χ1n) is 7.54. The minimum absolute atomic E-state index is 0.0294. The predicted octanol–water partition coefficient (Wildman–Crippen LogP) is 2.49. The Morgan fingerprint density at radius 3 is 2.61 bits per heavy atom. The van der Waals surface area contributed by atoms with Gasteiger partial charge in [0, 0.05) is 6.54 Å². The fourth-order valence-electron chi connectivity index (χ4n) is 2.78. The van der Waals surface area contributed by atoms with E-state index in [0.717, 1.165) is 12.8 Å². The Balaban J connectivity index is 2.52. The van der Waals surface area contributed by atoms with E-state index >= 15 is 0 Å². The first-order valence-corrected chi connectivity index (χ1v) is 7.54. The second-order valence-electron chi connectivity index (χ2n) is 5.50. The molecule has 2 N–H and O–H groups in total. The zero-order chi connectivity index (χ0) is 17.1.